The Labute approximate surface area is 105 Å². The highest BCUT2D eigenvalue weighted by molar-refractivity contribution is 7.83. The van der Waals surface area contributed by atoms with Crippen molar-refractivity contribution in [3.63, 3.8) is 0 Å². The van der Waals surface area contributed by atoms with Crippen LogP contribution in [0.1, 0.15) is 0 Å². The van der Waals surface area contributed by atoms with E-state index in [9.17, 15) is 12.3 Å². The predicted octanol–water partition coefficient (Wildman–Crippen LogP) is 0.427. The molecule has 0 unspecified atom stereocenters. The Morgan fingerprint density at radius 3 is 2.56 bits per heavy atom. The van der Waals surface area contributed by atoms with Gasteiger partial charge in [-0.3, -0.25) is 4.98 Å². The Balaban J connectivity index is 2.10. The Bertz CT molecular complexity index is 515. The highest BCUT2D eigenvalue weighted by Gasteiger charge is 2.27. The van der Waals surface area contributed by atoms with Crippen LogP contribution in [0.25, 0.3) is 0 Å². The Morgan fingerprint density at radius 1 is 1.33 bits per heavy atom. The topological polar surface area (TPSA) is 62.7 Å². The van der Waals surface area contributed by atoms with Crippen LogP contribution >= 0.6 is 0 Å². The van der Waals surface area contributed by atoms with Crippen molar-refractivity contribution in [3.05, 3.63) is 18.5 Å². The third-order valence-corrected chi connectivity index (χ3v) is 3.85. The predicted molar refractivity (Wildman–Crippen MR) is 64.6 cm³/mol. The van der Waals surface area contributed by atoms with Crippen LogP contribution < -0.4 is 9.64 Å². The number of hydrogen-bond acceptors (Lipinski definition) is 5. The summed E-state index contributed by atoms with van der Waals surface area (Å²) in [5.41, 5.74) is 0.836. The molecule has 2 heterocycles. The number of ether oxygens (including phenoxy) is 1. The summed E-state index contributed by atoms with van der Waals surface area (Å²) >= 11 is 0. The lowest BCUT2D eigenvalue weighted by Crippen LogP contribution is -2.47. The lowest BCUT2D eigenvalue weighted by atomic mass is 10.3. The molecule has 18 heavy (non-hydrogen) atoms. The summed E-state index contributed by atoms with van der Waals surface area (Å²) in [5, 5.41) is 0. The SMILES string of the molecule is COc1cnccc1N1CCN(S(=O)(=O)F)CC1. The van der Waals surface area contributed by atoms with Gasteiger partial charge in [0.2, 0.25) is 0 Å². The minimum absolute atomic E-state index is 0.129. The average Bonchev–Trinajstić information content (AvgIpc) is 2.38. The molecule has 100 valence electrons. The lowest BCUT2D eigenvalue weighted by molar-refractivity contribution is 0.359. The van der Waals surface area contributed by atoms with E-state index in [1.54, 1.807) is 25.6 Å². The normalized spacial score (nSPS) is 17.8. The van der Waals surface area contributed by atoms with Crippen molar-refractivity contribution < 1.29 is 17.0 Å². The van der Waals surface area contributed by atoms with Crippen LogP contribution in [0, 0.1) is 0 Å². The van der Waals surface area contributed by atoms with Crippen LogP contribution in [0.4, 0.5) is 9.57 Å². The molecule has 6 nitrogen and oxygen atoms in total. The van der Waals surface area contributed by atoms with Crippen LogP contribution in [-0.4, -0.2) is 51.0 Å². The molecule has 0 N–H and O–H groups in total. The number of pyridine rings is 1. The number of aromatic nitrogens is 1. The number of nitrogens with zero attached hydrogens (tertiary/aromatic N) is 3. The summed E-state index contributed by atoms with van der Waals surface area (Å²) < 4.78 is 40.3. The number of methoxy groups -OCH3 is 1. The van der Waals surface area contributed by atoms with Crippen molar-refractivity contribution >= 4 is 16.1 Å². The van der Waals surface area contributed by atoms with Gasteiger partial charge >= 0.3 is 10.4 Å². The molecule has 1 aromatic heterocycles. The summed E-state index contributed by atoms with van der Waals surface area (Å²) in [5.74, 6) is 0.619. The number of hydrogen-bond donors (Lipinski definition) is 0. The van der Waals surface area contributed by atoms with Gasteiger partial charge in [-0.1, -0.05) is 3.89 Å². The first-order chi connectivity index (χ1) is 8.52. The quantitative estimate of drug-likeness (QED) is 0.748. The van der Waals surface area contributed by atoms with E-state index in [0.717, 1.165) is 9.99 Å². The zero-order valence-corrected chi connectivity index (χ0v) is 10.7. The molecular weight excluding hydrogens is 261 g/mol. The summed E-state index contributed by atoms with van der Waals surface area (Å²) in [6.45, 7) is 1.10. The number of rotatable bonds is 3. The maximum Gasteiger partial charge on any atom is 0.374 e. The van der Waals surface area contributed by atoms with Gasteiger partial charge in [0.05, 0.1) is 19.0 Å². The lowest BCUT2D eigenvalue weighted by Gasteiger charge is -2.34. The van der Waals surface area contributed by atoms with Crippen molar-refractivity contribution in [2.45, 2.75) is 0 Å². The highest BCUT2D eigenvalue weighted by Crippen LogP contribution is 2.27. The zero-order chi connectivity index (χ0) is 13.2. The molecule has 0 aliphatic carbocycles. The molecule has 1 aromatic rings. The van der Waals surface area contributed by atoms with Crippen molar-refractivity contribution in [1.82, 2.24) is 9.29 Å². The molecule has 0 spiro atoms. The fourth-order valence-corrected chi connectivity index (χ4v) is 2.54. The van der Waals surface area contributed by atoms with Gasteiger partial charge in [-0.2, -0.15) is 12.7 Å². The first kappa shape index (κ1) is 13.0. The summed E-state index contributed by atoms with van der Waals surface area (Å²) in [7, 11) is -3.04. The van der Waals surface area contributed by atoms with E-state index in [-0.39, 0.29) is 13.1 Å². The molecule has 0 atom stereocenters. The average molecular weight is 275 g/mol. The second-order valence-corrected chi connectivity index (χ2v) is 5.22. The molecule has 0 bridgehead atoms. The van der Waals surface area contributed by atoms with Gasteiger partial charge in [0.25, 0.3) is 0 Å². The second kappa shape index (κ2) is 5.07. The zero-order valence-electron chi connectivity index (χ0n) is 9.91. The van der Waals surface area contributed by atoms with Gasteiger partial charge in [-0.25, -0.2) is 0 Å². The van der Waals surface area contributed by atoms with Gasteiger partial charge in [0.1, 0.15) is 0 Å². The van der Waals surface area contributed by atoms with Crippen LogP contribution in [-0.2, 0) is 10.4 Å². The Hall–Kier alpha value is -1.41. The molecule has 1 aliphatic heterocycles. The van der Waals surface area contributed by atoms with Crippen molar-refractivity contribution in [1.29, 1.82) is 0 Å². The van der Waals surface area contributed by atoms with Crippen molar-refractivity contribution in [2.75, 3.05) is 38.2 Å². The van der Waals surface area contributed by atoms with Gasteiger partial charge in [-0.15, -0.1) is 0 Å². The van der Waals surface area contributed by atoms with Crippen LogP contribution in [0.15, 0.2) is 18.5 Å². The fourth-order valence-electron chi connectivity index (χ4n) is 1.94. The maximum absolute atomic E-state index is 12.8. The molecule has 2 rings (SSSR count). The third-order valence-electron chi connectivity index (χ3n) is 2.87. The van der Waals surface area contributed by atoms with E-state index in [2.05, 4.69) is 4.98 Å². The fraction of sp³-hybridized carbons (Fsp3) is 0.500. The van der Waals surface area contributed by atoms with E-state index in [1.807, 2.05) is 4.90 Å². The van der Waals surface area contributed by atoms with Crippen molar-refractivity contribution in [3.8, 4) is 5.75 Å². The maximum atomic E-state index is 12.8. The van der Waals surface area contributed by atoms with E-state index < -0.39 is 10.4 Å². The van der Waals surface area contributed by atoms with Crippen molar-refractivity contribution in [2.24, 2.45) is 0 Å². The smallest absolute Gasteiger partial charge is 0.374 e. The molecular formula is C10H14FN3O3S. The molecule has 0 aromatic carbocycles. The first-order valence-electron chi connectivity index (χ1n) is 5.45. The van der Waals surface area contributed by atoms with Gasteiger partial charge in [0, 0.05) is 32.4 Å². The molecule has 1 fully saturated rings. The largest absolute Gasteiger partial charge is 0.493 e. The van der Waals surface area contributed by atoms with E-state index in [0.29, 0.717) is 18.8 Å². The minimum Gasteiger partial charge on any atom is -0.493 e. The summed E-state index contributed by atoms with van der Waals surface area (Å²) in [4.78, 5) is 5.89. The second-order valence-electron chi connectivity index (χ2n) is 3.88. The number of halogens is 1. The minimum atomic E-state index is -4.58. The van der Waals surface area contributed by atoms with E-state index in [1.165, 1.54) is 0 Å². The summed E-state index contributed by atoms with van der Waals surface area (Å²) in [6.07, 6.45) is 3.23. The molecule has 8 heteroatoms. The Kier molecular flexibility index (Phi) is 3.67. The number of piperazine rings is 1. The highest BCUT2D eigenvalue weighted by atomic mass is 32.3. The molecule has 0 amide bonds. The standard InChI is InChI=1S/C10H14FN3O3S/c1-17-10-8-12-3-2-9(10)13-4-6-14(7-5-13)18(11,15)16/h2-3,8H,4-7H2,1H3. The Morgan fingerprint density at radius 2 is 2.00 bits per heavy atom. The number of anilines is 1. The third kappa shape index (κ3) is 2.70. The van der Waals surface area contributed by atoms with Crippen LogP contribution in [0.3, 0.4) is 0 Å². The molecule has 1 saturated heterocycles. The van der Waals surface area contributed by atoms with Gasteiger partial charge < -0.3 is 9.64 Å². The first-order valence-corrected chi connectivity index (χ1v) is 6.79. The molecule has 0 saturated carbocycles. The molecule has 1 aliphatic rings. The van der Waals surface area contributed by atoms with Gasteiger partial charge in [0.15, 0.2) is 5.75 Å². The van der Waals surface area contributed by atoms with E-state index in [4.69, 9.17) is 4.74 Å². The van der Waals surface area contributed by atoms with Crippen LogP contribution in [0.5, 0.6) is 5.75 Å². The van der Waals surface area contributed by atoms with Crippen LogP contribution in [0.2, 0.25) is 0 Å². The summed E-state index contributed by atoms with van der Waals surface area (Å²) in [6, 6.07) is 1.79. The monoisotopic (exact) mass is 275 g/mol. The van der Waals surface area contributed by atoms with Gasteiger partial charge in [-0.05, 0) is 6.07 Å². The van der Waals surface area contributed by atoms with E-state index >= 15 is 0 Å². The molecule has 0 radical (unpaired) electrons.